The number of rotatable bonds is 1. The summed E-state index contributed by atoms with van der Waals surface area (Å²) in [7, 11) is 0. The monoisotopic (exact) mass is 375 g/mol. The zero-order valence-electron chi connectivity index (χ0n) is 14.9. The van der Waals surface area contributed by atoms with Crippen LogP contribution in [0.3, 0.4) is 0 Å². The standard InChI is InChI=1S/C23H21NS2/c1-12-4-6-15(14(3)10-12)21-16-7-5-13(2)22(25)18(16)11-19-17(21)8-9-20(24)23(19)26/h4-10,25-26H,2,11,24H2,1,3H3. The molecule has 1 aliphatic rings. The van der Waals surface area contributed by atoms with E-state index in [0.29, 0.717) is 5.69 Å². The van der Waals surface area contributed by atoms with Crippen LogP contribution in [0.2, 0.25) is 0 Å². The van der Waals surface area contributed by atoms with E-state index >= 15 is 0 Å². The van der Waals surface area contributed by atoms with Crippen molar-refractivity contribution < 1.29 is 0 Å². The summed E-state index contributed by atoms with van der Waals surface area (Å²) in [4.78, 5) is 1.81. The molecule has 0 aromatic heterocycles. The van der Waals surface area contributed by atoms with Crippen molar-refractivity contribution in [3.8, 4) is 0 Å². The second kappa shape index (κ2) is 6.26. The van der Waals surface area contributed by atoms with Gasteiger partial charge in [-0.2, -0.15) is 0 Å². The van der Waals surface area contributed by atoms with Crippen LogP contribution < -0.4 is 16.2 Å². The molecule has 0 atom stereocenters. The summed E-state index contributed by atoms with van der Waals surface area (Å²) in [5.41, 5.74) is 15.4. The molecule has 26 heavy (non-hydrogen) atoms. The summed E-state index contributed by atoms with van der Waals surface area (Å²) in [5.74, 6) is 0. The minimum absolute atomic E-state index is 0.710. The predicted molar refractivity (Wildman–Crippen MR) is 117 cm³/mol. The fourth-order valence-electron chi connectivity index (χ4n) is 3.87. The van der Waals surface area contributed by atoms with Gasteiger partial charge in [0.2, 0.25) is 0 Å². The van der Waals surface area contributed by atoms with Crippen molar-refractivity contribution in [3.05, 3.63) is 86.3 Å². The second-order valence-corrected chi connectivity index (χ2v) is 7.89. The lowest BCUT2D eigenvalue weighted by atomic mass is 9.81. The van der Waals surface area contributed by atoms with Gasteiger partial charge in [-0.25, -0.2) is 0 Å². The molecule has 0 radical (unpaired) electrons. The maximum absolute atomic E-state index is 6.15. The Kier molecular flexibility index (Phi) is 4.17. The number of fused-ring (bicyclic) bond motifs is 2. The Hall–Kier alpha value is -2.10. The third-order valence-corrected chi connectivity index (χ3v) is 6.31. The van der Waals surface area contributed by atoms with E-state index in [1.54, 1.807) is 0 Å². The number of nitrogen functional groups attached to an aromatic ring is 1. The first-order chi connectivity index (χ1) is 12.4. The van der Waals surface area contributed by atoms with E-state index < -0.39 is 0 Å². The van der Waals surface area contributed by atoms with E-state index in [4.69, 9.17) is 31.0 Å². The van der Waals surface area contributed by atoms with E-state index in [0.717, 1.165) is 27.0 Å². The molecule has 0 aliphatic heterocycles. The molecule has 0 spiro atoms. The molecule has 4 rings (SSSR count). The highest BCUT2D eigenvalue weighted by molar-refractivity contribution is 7.80. The maximum atomic E-state index is 6.15. The summed E-state index contributed by atoms with van der Waals surface area (Å²) in [6.07, 6.45) is 0.769. The highest BCUT2D eigenvalue weighted by atomic mass is 32.1. The molecule has 1 nitrogen and oxygen atoms in total. The lowest BCUT2D eigenvalue weighted by Gasteiger charge is -2.25. The Bertz CT molecular complexity index is 1180. The van der Waals surface area contributed by atoms with Crippen LogP contribution in [0, 0.1) is 13.8 Å². The van der Waals surface area contributed by atoms with E-state index in [-0.39, 0.29) is 0 Å². The highest BCUT2D eigenvalue weighted by Crippen LogP contribution is 2.37. The molecule has 0 heterocycles. The van der Waals surface area contributed by atoms with Gasteiger partial charge in [0.25, 0.3) is 0 Å². The van der Waals surface area contributed by atoms with Gasteiger partial charge in [-0.3, -0.25) is 0 Å². The first-order valence-electron chi connectivity index (χ1n) is 8.61. The third-order valence-electron chi connectivity index (χ3n) is 5.22. The summed E-state index contributed by atoms with van der Waals surface area (Å²) in [6.45, 7) is 8.41. The molecule has 3 aromatic carbocycles. The number of benzene rings is 3. The molecule has 0 fully saturated rings. The average molecular weight is 376 g/mol. The minimum atomic E-state index is 0.710. The SMILES string of the molecule is C=c1ccc2c(c1S)Cc1c(ccc(N)c1S)C=2c1ccc(C)cc1C. The van der Waals surface area contributed by atoms with E-state index in [1.807, 2.05) is 6.07 Å². The Labute approximate surface area is 165 Å². The van der Waals surface area contributed by atoms with E-state index in [2.05, 4.69) is 56.8 Å². The summed E-state index contributed by atoms with van der Waals surface area (Å²) in [6, 6.07) is 14.9. The smallest absolute Gasteiger partial charge is 0.0453 e. The molecule has 0 amide bonds. The number of hydrogen-bond acceptors (Lipinski definition) is 3. The molecule has 3 aromatic rings. The van der Waals surface area contributed by atoms with Crippen LogP contribution in [0.1, 0.15) is 33.4 Å². The Morgan fingerprint density at radius 1 is 0.885 bits per heavy atom. The molecule has 0 saturated carbocycles. The zero-order chi connectivity index (χ0) is 18.6. The lowest BCUT2D eigenvalue weighted by Crippen LogP contribution is -2.25. The second-order valence-electron chi connectivity index (χ2n) is 7.00. The quantitative estimate of drug-likeness (QED) is 0.340. The lowest BCUT2D eigenvalue weighted by molar-refractivity contribution is 1.03. The van der Waals surface area contributed by atoms with Crippen molar-refractivity contribution in [2.75, 3.05) is 5.73 Å². The molecule has 0 unspecified atom stereocenters. The molecule has 2 N–H and O–H groups in total. The van der Waals surface area contributed by atoms with Crippen molar-refractivity contribution in [2.45, 2.75) is 30.1 Å². The number of thiol groups is 2. The fraction of sp³-hybridized carbons (Fsp3) is 0.130. The van der Waals surface area contributed by atoms with Crippen LogP contribution >= 0.6 is 25.3 Å². The van der Waals surface area contributed by atoms with E-state index in [1.165, 1.54) is 38.6 Å². The molecular formula is C23H21NS2. The van der Waals surface area contributed by atoms with Gasteiger partial charge in [0.1, 0.15) is 0 Å². The van der Waals surface area contributed by atoms with Gasteiger partial charge < -0.3 is 5.73 Å². The van der Waals surface area contributed by atoms with Crippen molar-refractivity contribution >= 4 is 43.1 Å². The van der Waals surface area contributed by atoms with Crippen molar-refractivity contribution in [1.82, 2.24) is 0 Å². The van der Waals surface area contributed by atoms with Crippen molar-refractivity contribution in [2.24, 2.45) is 0 Å². The largest absolute Gasteiger partial charge is 0.398 e. The normalized spacial score (nSPS) is 12.7. The molecule has 130 valence electrons. The highest BCUT2D eigenvalue weighted by Gasteiger charge is 2.23. The van der Waals surface area contributed by atoms with Gasteiger partial charge in [-0.15, -0.1) is 25.3 Å². The first kappa shape index (κ1) is 17.3. The van der Waals surface area contributed by atoms with Crippen molar-refractivity contribution in [1.29, 1.82) is 0 Å². The van der Waals surface area contributed by atoms with Crippen LogP contribution in [0.5, 0.6) is 0 Å². The van der Waals surface area contributed by atoms with Crippen molar-refractivity contribution in [3.63, 3.8) is 0 Å². The predicted octanol–water partition coefficient (Wildman–Crippen LogP) is 4.02. The van der Waals surface area contributed by atoms with Gasteiger partial charge >= 0.3 is 0 Å². The van der Waals surface area contributed by atoms with Gasteiger partial charge in [-0.1, -0.05) is 48.5 Å². The zero-order valence-corrected chi connectivity index (χ0v) is 16.7. The fourth-order valence-corrected chi connectivity index (χ4v) is 4.42. The van der Waals surface area contributed by atoms with Crippen LogP contribution in [0.25, 0.3) is 12.2 Å². The molecule has 0 saturated heterocycles. The Morgan fingerprint density at radius 3 is 2.35 bits per heavy atom. The van der Waals surface area contributed by atoms with Gasteiger partial charge in [-0.05, 0) is 63.7 Å². The summed E-state index contributed by atoms with van der Waals surface area (Å²) < 4.78 is 0. The van der Waals surface area contributed by atoms with Gasteiger partial charge in [0.05, 0.1) is 0 Å². The molecule has 1 aliphatic carbocycles. The van der Waals surface area contributed by atoms with E-state index in [9.17, 15) is 0 Å². The van der Waals surface area contributed by atoms with Crippen LogP contribution in [-0.4, -0.2) is 0 Å². The number of anilines is 1. The molecule has 3 heteroatoms. The van der Waals surface area contributed by atoms with Crippen LogP contribution in [0.4, 0.5) is 5.69 Å². The first-order valence-corrected chi connectivity index (χ1v) is 9.50. The molecule has 0 bridgehead atoms. The Morgan fingerprint density at radius 2 is 1.62 bits per heavy atom. The number of aryl methyl sites for hydroxylation is 2. The van der Waals surface area contributed by atoms with Gasteiger partial charge in [0, 0.05) is 21.9 Å². The minimum Gasteiger partial charge on any atom is -0.398 e. The molecular weight excluding hydrogens is 354 g/mol. The van der Waals surface area contributed by atoms with Crippen LogP contribution in [0.15, 0.2) is 52.3 Å². The third kappa shape index (κ3) is 2.58. The average Bonchev–Trinajstić information content (AvgIpc) is 2.61. The number of hydrogen-bond donors (Lipinski definition) is 3. The number of nitrogens with two attached hydrogens (primary N) is 1. The van der Waals surface area contributed by atoms with Crippen LogP contribution in [-0.2, 0) is 6.42 Å². The summed E-state index contributed by atoms with van der Waals surface area (Å²) >= 11 is 9.48. The topological polar surface area (TPSA) is 26.0 Å². The maximum Gasteiger partial charge on any atom is 0.0453 e. The summed E-state index contributed by atoms with van der Waals surface area (Å²) in [5, 5.41) is 2.17. The van der Waals surface area contributed by atoms with Gasteiger partial charge in [0.15, 0.2) is 0 Å². The Balaban J connectivity index is 2.20.